The average molecular weight is 238 g/mol. The first kappa shape index (κ1) is 11.0. The minimum absolute atomic E-state index is 0.0233. The van der Waals surface area contributed by atoms with Gasteiger partial charge >= 0.3 is 0 Å². The van der Waals surface area contributed by atoms with E-state index in [0.717, 1.165) is 25.6 Å². The largest absolute Gasteiger partial charge is 0.376 e. The van der Waals surface area contributed by atoms with Crippen LogP contribution in [0.15, 0.2) is 18.2 Å². The zero-order valence-corrected chi connectivity index (χ0v) is 9.63. The number of hydrogen-bond acceptors (Lipinski definition) is 2. The lowest BCUT2D eigenvalue weighted by molar-refractivity contribution is 0.326. The summed E-state index contributed by atoms with van der Waals surface area (Å²) in [5, 5.41) is 3.00. The zero-order chi connectivity index (χ0) is 11.8. The van der Waals surface area contributed by atoms with Crippen LogP contribution in [-0.2, 0) is 0 Å². The van der Waals surface area contributed by atoms with Gasteiger partial charge in [-0.3, -0.25) is 4.90 Å². The molecule has 1 heterocycles. The Balaban J connectivity index is 1.67. The fraction of sp³-hybridized carbons (Fsp3) is 0.538. The summed E-state index contributed by atoms with van der Waals surface area (Å²) in [6, 6.07) is 4.87. The van der Waals surface area contributed by atoms with E-state index in [1.807, 2.05) is 0 Å². The van der Waals surface area contributed by atoms with Crippen molar-refractivity contribution in [3.05, 3.63) is 29.8 Å². The van der Waals surface area contributed by atoms with Crippen molar-refractivity contribution in [3.8, 4) is 0 Å². The lowest BCUT2D eigenvalue weighted by Gasteiger charge is -2.17. The van der Waals surface area contributed by atoms with Gasteiger partial charge < -0.3 is 5.32 Å². The summed E-state index contributed by atoms with van der Waals surface area (Å²) in [7, 11) is 0. The summed E-state index contributed by atoms with van der Waals surface area (Å²) in [6.07, 6.45) is 3.52. The highest BCUT2D eigenvalue weighted by Crippen LogP contribution is 2.31. The highest BCUT2D eigenvalue weighted by molar-refractivity contribution is 5.47. The van der Waals surface area contributed by atoms with Crippen molar-refractivity contribution in [2.45, 2.75) is 31.3 Å². The average Bonchev–Trinajstić information content (AvgIpc) is 3.05. The summed E-state index contributed by atoms with van der Waals surface area (Å²) in [5.41, 5.74) is 0.0233. The maximum Gasteiger partial charge on any atom is 0.149 e. The number of rotatable bonds is 3. The molecule has 1 unspecified atom stereocenters. The van der Waals surface area contributed by atoms with Gasteiger partial charge in [-0.15, -0.1) is 0 Å². The molecule has 17 heavy (non-hydrogen) atoms. The molecule has 1 saturated carbocycles. The van der Waals surface area contributed by atoms with Crippen molar-refractivity contribution < 1.29 is 8.78 Å². The second-order valence-corrected chi connectivity index (χ2v) is 4.95. The number of halogens is 2. The van der Waals surface area contributed by atoms with Gasteiger partial charge in [0.15, 0.2) is 0 Å². The van der Waals surface area contributed by atoms with Crippen LogP contribution in [-0.4, -0.2) is 30.1 Å². The molecule has 0 amide bonds. The molecule has 1 aromatic rings. The molecule has 1 N–H and O–H groups in total. The fourth-order valence-corrected chi connectivity index (χ4v) is 2.52. The van der Waals surface area contributed by atoms with Gasteiger partial charge in [0.25, 0.3) is 0 Å². The minimum Gasteiger partial charge on any atom is -0.376 e. The van der Waals surface area contributed by atoms with Crippen LogP contribution in [0.4, 0.5) is 14.5 Å². The van der Waals surface area contributed by atoms with E-state index in [2.05, 4.69) is 10.2 Å². The number of hydrogen-bond donors (Lipinski definition) is 1. The molecule has 0 bridgehead atoms. The predicted octanol–water partition coefficient (Wildman–Crippen LogP) is 2.61. The number of nitrogens with one attached hydrogen (secondary N) is 1. The third-order valence-corrected chi connectivity index (χ3v) is 3.59. The molecule has 0 aromatic heterocycles. The molecule has 2 fully saturated rings. The quantitative estimate of drug-likeness (QED) is 0.870. The zero-order valence-electron chi connectivity index (χ0n) is 9.63. The third-order valence-electron chi connectivity index (χ3n) is 3.59. The highest BCUT2D eigenvalue weighted by atomic mass is 19.1. The lowest BCUT2D eigenvalue weighted by Crippen LogP contribution is -2.28. The van der Waals surface area contributed by atoms with Crippen LogP contribution >= 0.6 is 0 Å². The van der Waals surface area contributed by atoms with Crippen LogP contribution < -0.4 is 5.32 Å². The molecule has 0 radical (unpaired) electrons. The Bertz CT molecular complexity index is 398. The first-order valence-corrected chi connectivity index (χ1v) is 6.18. The first-order valence-electron chi connectivity index (χ1n) is 6.18. The predicted molar refractivity (Wildman–Crippen MR) is 63.0 cm³/mol. The highest BCUT2D eigenvalue weighted by Gasteiger charge is 2.34. The molecule has 2 aliphatic rings. The van der Waals surface area contributed by atoms with E-state index in [1.54, 1.807) is 0 Å². The second kappa shape index (κ2) is 4.26. The van der Waals surface area contributed by atoms with Gasteiger partial charge in [-0.05, 0) is 31.4 Å². The van der Waals surface area contributed by atoms with Crippen molar-refractivity contribution in [2.75, 3.05) is 18.4 Å². The third kappa shape index (κ3) is 2.27. The molecule has 1 aliphatic heterocycles. The number of para-hydroxylation sites is 1. The molecule has 92 valence electrons. The summed E-state index contributed by atoms with van der Waals surface area (Å²) in [4.78, 5) is 2.41. The van der Waals surface area contributed by atoms with Crippen LogP contribution in [0.25, 0.3) is 0 Å². The van der Waals surface area contributed by atoms with E-state index >= 15 is 0 Å². The first-order chi connectivity index (χ1) is 8.24. The number of likely N-dealkylation sites (tertiary alicyclic amines) is 1. The number of anilines is 1. The molecule has 0 spiro atoms. The van der Waals surface area contributed by atoms with Crippen molar-refractivity contribution in [1.82, 2.24) is 4.90 Å². The monoisotopic (exact) mass is 238 g/mol. The Morgan fingerprint density at radius 1 is 1.12 bits per heavy atom. The van der Waals surface area contributed by atoms with Gasteiger partial charge in [0.2, 0.25) is 0 Å². The normalized spacial score (nSPS) is 25.2. The molecule has 2 nitrogen and oxygen atoms in total. The van der Waals surface area contributed by atoms with Gasteiger partial charge in [-0.2, -0.15) is 0 Å². The number of nitrogens with zero attached hydrogens (tertiary/aromatic N) is 1. The lowest BCUT2D eigenvalue weighted by atomic mass is 10.2. The van der Waals surface area contributed by atoms with Gasteiger partial charge in [0.1, 0.15) is 17.3 Å². The molecular formula is C13H16F2N2. The van der Waals surface area contributed by atoms with Gasteiger partial charge in [-0.25, -0.2) is 8.78 Å². The van der Waals surface area contributed by atoms with Crippen molar-refractivity contribution in [2.24, 2.45) is 0 Å². The van der Waals surface area contributed by atoms with Crippen LogP contribution in [0.3, 0.4) is 0 Å². The molecule has 1 atom stereocenters. The van der Waals surface area contributed by atoms with Crippen molar-refractivity contribution >= 4 is 5.69 Å². The molecule has 4 heteroatoms. The Kier molecular flexibility index (Phi) is 2.74. The van der Waals surface area contributed by atoms with Gasteiger partial charge in [-0.1, -0.05) is 6.07 Å². The maximum atomic E-state index is 13.5. The van der Waals surface area contributed by atoms with E-state index in [4.69, 9.17) is 0 Å². The minimum atomic E-state index is -0.505. The molecule has 1 aromatic carbocycles. The number of benzene rings is 1. The van der Waals surface area contributed by atoms with E-state index in [9.17, 15) is 8.78 Å². The van der Waals surface area contributed by atoms with E-state index in [1.165, 1.54) is 31.0 Å². The van der Waals surface area contributed by atoms with Crippen LogP contribution in [0.1, 0.15) is 19.3 Å². The molecular weight excluding hydrogens is 222 g/mol. The van der Waals surface area contributed by atoms with Crippen LogP contribution in [0.2, 0.25) is 0 Å². The summed E-state index contributed by atoms with van der Waals surface area (Å²) >= 11 is 0. The Morgan fingerprint density at radius 2 is 1.82 bits per heavy atom. The fourth-order valence-electron chi connectivity index (χ4n) is 2.52. The van der Waals surface area contributed by atoms with Gasteiger partial charge in [0.05, 0.1) is 0 Å². The summed E-state index contributed by atoms with van der Waals surface area (Å²) < 4.78 is 26.9. The smallest absolute Gasteiger partial charge is 0.149 e. The SMILES string of the molecule is Fc1cccc(F)c1NC1CCN(C2CC2)C1. The Labute approximate surface area is 99.6 Å². The Hall–Kier alpha value is -1.16. The van der Waals surface area contributed by atoms with Crippen LogP contribution in [0, 0.1) is 11.6 Å². The van der Waals surface area contributed by atoms with E-state index in [-0.39, 0.29) is 11.7 Å². The second-order valence-electron chi connectivity index (χ2n) is 4.95. The molecule has 1 aliphatic carbocycles. The summed E-state index contributed by atoms with van der Waals surface area (Å²) in [6.45, 7) is 1.94. The Morgan fingerprint density at radius 3 is 2.47 bits per heavy atom. The summed E-state index contributed by atoms with van der Waals surface area (Å²) in [5.74, 6) is -1.01. The molecule has 3 rings (SSSR count). The van der Waals surface area contributed by atoms with Crippen molar-refractivity contribution in [1.29, 1.82) is 0 Å². The maximum absolute atomic E-state index is 13.5. The molecule has 1 saturated heterocycles. The topological polar surface area (TPSA) is 15.3 Å². The van der Waals surface area contributed by atoms with Gasteiger partial charge in [0, 0.05) is 25.2 Å². The van der Waals surface area contributed by atoms with E-state index < -0.39 is 11.6 Å². The van der Waals surface area contributed by atoms with E-state index in [0.29, 0.717) is 0 Å². The van der Waals surface area contributed by atoms with Crippen molar-refractivity contribution in [3.63, 3.8) is 0 Å². The van der Waals surface area contributed by atoms with Crippen LogP contribution in [0.5, 0.6) is 0 Å². The standard InChI is InChI=1S/C13H16F2N2/c14-11-2-1-3-12(15)13(11)16-9-6-7-17(8-9)10-4-5-10/h1-3,9-10,16H,4-8H2.